The Hall–Kier alpha value is -0.120. The Bertz CT molecular complexity index is 200. The summed E-state index contributed by atoms with van der Waals surface area (Å²) in [5, 5.41) is 3.64. The first-order chi connectivity index (χ1) is 8.10. The summed E-state index contributed by atoms with van der Waals surface area (Å²) in [6, 6.07) is 0.440. The fourth-order valence-electron chi connectivity index (χ4n) is 2.39. The first kappa shape index (κ1) is 14.9. The van der Waals surface area contributed by atoms with Gasteiger partial charge >= 0.3 is 0 Å². The van der Waals surface area contributed by atoms with Gasteiger partial charge in [0.05, 0.1) is 5.60 Å². The van der Waals surface area contributed by atoms with Gasteiger partial charge in [-0.25, -0.2) is 0 Å². The van der Waals surface area contributed by atoms with Crippen LogP contribution in [0, 0.1) is 5.92 Å². The van der Waals surface area contributed by atoms with E-state index < -0.39 is 0 Å². The van der Waals surface area contributed by atoms with Crippen molar-refractivity contribution in [3.05, 3.63) is 0 Å². The van der Waals surface area contributed by atoms with Crippen LogP contribution in [0.5, 0.6) is 0 Å². The molecule has 0 spiro atoms. The van der Waals surface area contributed by atoms with Gasteiger partial charge in [-0.15, -0.1) is 0 Å². The van der Waals surface area contributed by atoms with E-state index in [-0.39, 0.29) is 5.60 Å². The van der Waals surface area contributed by atoms with Crippen LogP contribution >= 0.6 is 0 Å². The second kappa shape index (κ2) is 7.34. The summed E-state index contributed by atoms with van der Waals surface area (Å²) in [5.41, 5.74) is -0.0898. The maximum atomic E-state index is 5.64. The number of ether oxygens (including phenoxy) is 2. The molecule has 1 aliphatic heterocycles. The second-order valence-electron chi connectivity index (χ2n) is 5.61. The fourth-order valence-corrected chi connectivity index (χ4v) is 2.39. The smallest absolute Gasteiger partial charge is 0.0775 e. The van der Waals surface area contributed by atoms with Crippen molar-refractivity contribution in [3.63, 3.8) is 0 Å². The van der Waals surface area contributed by atoms with E-state index in [1.54, 1.807) is 0 Å². The molecule has 102 valence electrons. The summed E-state index contributed by atoms with van der Waals surface area (Å²) in [4.78, 5) is 0. The van der Waals surface area contributed by atoms with Crippen molar-refractivity contribution in [2.45, 2.75) is 58.1 Å². The second-order valence-corrected chi connectivity index (χ2v) is 5.61. The van der Waals surface area contributed by atoms with Crippen molar-refractivity contribution >= 4 is 0 Å². The fraction of sp³-hybridized carbons (Fsp3) is 1.00. The van der Waals surface area contributed by atoms with E-state index in [0.717, 1.165) is 25.7 Å². The van der Waals surface area contributed by atoms with Crippen molar-refractivity contribution < 1.29 is 9.47 Å². The number of nitrogens with one attached hydrogen (secondary N) is 1. The van der Waals surface area contributed by atoms with Crippen LogP contribution in [0.2, 0.25) is 0 Å². The molecule has 1 rings (SSSR count). The zero-order chi connectivity index (χ0) is 12.7. The van der Waals surface area contributed by atoms with Gasteiger partial charge in [0, 0.05) is 26.4 Å². The third kappa shape index (κ3) is 4.94. The Labute approximate surface area is 106 Å². The molecule has 1 fully saturated rings. The predicted molar refractivity (Wildman–Crippen MR) is 71.3 cm³/mol. The van der Waals surface area contributed by atoms with Gasteiger partial charge in [0.2, 0.25) is 0 Å². The average molecular weight is 243 g/mol. The molecule has 0 aromatic heterocycles. The standard InChI is InChI=1S/C14H29NO2/c1-5-8-15-13(14(2,3)16-4)11-12-6-9-17-10-7-12/h12-13,15H,5-11H2,1-4H3. The highest BCUT2D eigenvalue weighted by Gasteiger charge is 2.31. The van der Waals surface area contributed by atoms with E-state index in [9.17, 15) is 0 Å². The molecule has 0 aromatic carbocycles. The van der Waals surface area contributed by atoms with Crippen LogP contribution in [-0.4, -0.2) is 38.5 Å². The lowest BCUT2D eigenvalue weighted by Crippen LogP contribution is -2.49. The number of rotatable bonds is 7. The van der Waals surface area contributed by atoms with Gasteiger partial charge in [-0.3, -0.25) is 0 Å². The molecule has 0 saturated carbocycles. The van der Waals surface area contributed by atoms with E-state index >= 15 is 0 Å². The lowest BCUT2D eigenvalue weighted by atomic mass is 9.85. The monoisotopic (exact) mass is 243 g/mol. The van der Waals surface area contributed by atoms with Crippen LogP contribution in [0.15, 0.2) is 0 Å². The molecule has 0 bridgehead atoms. The molecule has 0 radical (unpaired) electrons. The first-order valence-corrected chi connectivity index (χ1v) is 6.96. The zero-order valence-electron chi connectivity index (χ0n) is 11.9. The van der Waals surface area contributed by atoms with Gasteiger partial charge in [0.25, 0.3) is 0 Å². The highest BCUT2D eigenvalue weighted by molar-refractivity contribution is 4.87. The first-order valence-electron chi connectivity index (χ1n) is 6.96. The van der Waals surface area contributed by atoms with Gasteiger partial charge in [-0.2, -0.15) is 0 Å². The Morgan fingerprint density at radius 3 is 2.53 bits per heavy atom. The topological polar surface area (TPSA) is 30.5 Å². The molecule has 1 heterocycles. The van der Waals surface area contributed by atoms with Crippen molar-refractivity contribution in [1.29, 1.82) is 0 Å². The molecule has 3 nitrogen and oxygen atoms in total. The zero-order valence-corrected chi connectivity index (χ0v) is 11.9. The minimum Gasteiger partial charge on any atom is -0.381 e. The van der Waals surface area contributed by atoms with Crippen LogP contribution in [-0.2, 0) is 9.47 Å². The Morgan fingerprint density at radius 1 is 1.35 bits per heavy atom. The molecule has 0 aliphatic carbocycles. The maximum absolute atomic E-state index is 5.64. The molecule has 0 aromatic rings. The molecule has 0 amide bonds. The summed E-state index contributed by atoms with van der Waals surface area (Å²) in [6.45, 7) is 9.50. The maximum Gasteiger partial charge on any atom is 0.0775 e. The number of hydrogen-bond acceptors (Lipinski definition) is 3. The number of methoxy groups -OCH3 is 1. The third-order valence-corrected chi connectivity index (χ3v) is 3.92. The lowest BCUT2D eigenvalue weighted by molar-refractivity contribution is -0.0242. The van der Waals surface area contributed by atoms with Crippen LogP contribution < -0.4 is 5.32 Å². The molecule has 1 atom stereocenters. The molecular weight excluding hydrogens is 214 g/mol. The molecule has 1 N–H and O–H groups in total. The summed E-state index contributed by atoms with van der Waals surface area (Å²) in [6.07, 6.45) is 4.77. The average Bonchev–Trinajstić information content (AvgIpc) is 2.35. The summed E-state index contributed by atoms with van der Waals surface area (Å²) in [5.74, 6) is 0.785. The van der Waals surface area contributed by atoms with E-state index in [4.69, 9.17) is 9.47 Å². The van der Waals surface area contributed by atoms with Crippen molar-refractivity contribution in [2.75, 3.05) is 26.9 Å². The van der Waals surface area contributed by atoms with Crippen LogP contribution in [0.25, 0.3) is 0 Å². The third-order valence-electron chi connectivity index (χ3n) is 3.92. The molecule has 1 unspecified atom stereocenters. The quantitative estimate of drug-likeness (QED) is 0.745. The van der Waals surface area contributed by atoms with Gasteiger partial charge < -0.3 is 14.8 Å². The van der Waals surface area contributed by atoms with E-state index in [1.165, 1.54) is 25.7 Å². The molecule has 17 heavy (non-hydrogen) atoms. The summed E-state index contributed by atoms with van der Waals surface area (Å²) < 4.78 is 11.1. The van der Waals surface area contributed by atoms with Crippen molar-refractivity contribution in [1.82, 2.24) is 5.32 Å². The minimum absolute atomic E-state index is 0.0898. The van der Waals surface area contributed by atoms with Gasteiger partial charge in [-0.05, 0) is 52.0 Å². The number of hydrogen-bond donors (Lipinski definition) is 1. The molecule has 1 saturated heterocycles. The highest BCUT2D eigenvalue weighted by Crippen LogP contribution is 2.26. The van der Waals surface area contributed by atoms with Crippen LogP contribution in [0.4, 0.5) is 0 Å². The van der Waals surface area contributed by atoms with Gasteiger partial charge in [-0.1, -0.05) is 6.92 Å². The van der Waals surface area contributed by atoms with Crippen molar-refractivity contribution in [2.24, 2.45) is 5.92 Å². The largest absolute Gasteiger partial charge is 0.381 e. The molecule has 3 heteroatoms. The van der Waals surface area contributed by atoms with E-state index in [2.05, 4.69) is 26.1 Å². The van der Waals surface area contributed by atoms with Crippen LogP contribution in [0.1, 0.15) is 46.5 Å². The Balaban J connectivity index is 2.49. The van der Waals surface area contributed by atoms with E-state index in [0.29, 0.717) is 6.04 Å². The predicted octanol–water partition coefficient (Wildman–Crippen LogP) is 2.60. The highest BCUT2D eigenvalue weighted by atomic mass is 16.5. The van der Waals surface area contributed by atoms with Crippen LogP contribution in [0.3, 0.4) is 0 Å². The SMILES string of the molecule is CCCNC(CC1CCOCC1)C(C)(C)OC. The van der Waals surface area contributed by atoms with Gasteiger partial charge in [0.15, 0.2) is 0 Å². The normalized spacial score (nSPS) is 20.5. The van der Waals surface area contributed by atoms with Crippen molar-refractivity contribution in [3.8, 4) is 0 Å². The van der Waals surface area contributed by atoms with E-state index in [1.807, 2.05) is 7.11 Å². The molecular formula is C14H29NO2. The minimum atomic E-state index is -0.0898. The lowest BCUT2D eigenvalue weighted by Gasteiger charge is -2.37. The summed E-state index contributed by atoms with van der Waals surface area (Å²) in [7, 11) is 1.81. The Kier molecular flexibility index (Phi) is 6.45. The van der Waals surface area contributed by atoms with Gasteiger partial charge in [0.1, 0.15) is 0 Å². The summed E-state index contributed by atoms with van der Waals surface area (Å²) >= 11 is 0. The Morgan fingerprint density at radius 2 is 2.00 bits per heavy atom. The molecule has 1 aliphatic rings.